The number of alkyl halides is 7. The minimum atomic E-state index is -7.15. The summed E-state index contributed by atoms with van der Waals surface area (Å²) in [5.41, 5.74) is 0. The van der Waals surface area contributed by atoms with Crippen LogP contribution in [0.15, 0.2) is 102 Å². The van der Waals surface area contributed by atoms with Crippen molar-refractivity contribution in [2.75, 3.05) is 46.3 Å². The van der Waals surface area contributed by atoms with Crippen LogP contribution in [0.4, 0.5) is 65.9 Å². The van der Waals surface area contributed by atoms with Crippen LogP contribution in [0.2, 0.25) is 0 Å². The van der Waals surface area contributed by atoms with E-state index in [-0.39, 0.29) is 13.2 Å². The van der Waals surface area contributed by atoms with E-state index in [4.69, 9.17) is 23.8 Å². The van der Waals surface area contributed by atoms with E-state index < -0.39 is 122 Å². The predicted molar refractivity (Wildman–Crippen MR) is 159 cm³/mol. The molecule has 9 nitrogen and oxygen atoms in total. The van der Waals surface area contributed by atoms with Gasteiger partial charge >= 0.3 is 23.9 Å². The van der Waals surface area contributed by atoms with E-state index in [0.29, 0.717) is 5.75 Å². The molecule has 0 N–H and O–H groups in total. The maximum Gasteiger partial charge on any atom is 0.460 e. The molecule has 0 aliphatic rings. The molecule has 0 aliphatic heterocycles. The van der Waals surface area contributed by atoms with Gasteiger partial charge in [-0.3, -0.25) is 0 Å². The molecule has 0 aromatic heterocycles. The topological polar surface area (TPSA) is 90.9 Å². The third-order valence-electron chi connectivity index (χ3n) is 6.11. The van der Waals surface area contributed by atoms with Crippen molar-refractivity contribution in [1.29, 1.82) is 0 Å². The number of para-hydroxylation sites is 1. The number of halogens is 15. The first-order valence-corrected chi connectivity index (χ1v) is 15.0. The SMILES string of the molecule is C=COOOC(COCCCOC(F)(/C(F)=C(F)/C(F)=C(F)/C(F)=C(F)/C(F)=C(\F)CF)C(F)(F)C(F)(F)F)COCC(COc1ccccc1)OC(=O)C=C. The number of esters is 1. The third-order valence-corrected chi connectivity index (χ3v) is 6.11. The van der Waals surface area contributed by atoms with Gasteiger partial charge in [0.2, 0.25) is 23.3 Å². The van der Waals surface area contributed by atoms with E-state index in [1.165, 1.54) is 0 Å². The first-order chi connectivity index (χ1) is 26.2. The minimum Gasteiger partial charge on any atom is -0.490 e. The van der Waals surface area contributed by atoms with Crippen LogP contribution in [-0.2, 0) is 38.6 Å². The molecule has 0 saturated carbocycles. The highest BCUT2D eigenvalue weighted by Crippen LogP contribution is 2.51. The number of benzene rings is 1. The minimum absolute atomic E-state index is 0.227. The molecule has 0 heterocycles. The predicted octanol–water partition coefficient (Wildman–Crippen LogP) is 9.43. The molecule has 0 amide bonds. The Morgan fingerprint density at radius 1 is 0.714 bits per heavy atom. The van der Waals surface area contributed by atoms with Crippen molar-refractivity contribution in [3.63, 3.8) is 0 Å². The van der Waals surface area contributed by atoms with Gasteiger partial charge in [0, 0.05) is 12.7 Å². The molecule has 0 spiro atoms. The van der Waals surface area contributed by atoms with Crippen molar-refractivity contribution in [2.45, 2.75) is 36.6 Å². The number of hydrogen-bond acceptors (Lipinski definition) is 9. The van der Waals surface area contributed by atoms with Gasteiger partial charge in [0.25, 0.3) is 0 Å². The van der Waals surface area contributed by atoms with Crippen LogP contribution in [-0.4, -0.2) is 82.4 Å². The second-order valence-corrected chi connectivity index (χ2v) is 10.2. The normalized spacial score (nSPS) is 16.3. The molecular weight excluding hydrogens is 813 g/mol. The Bertz CT molecular complexity index is 1570. The van der Waals surface area contributed by atoms with Gasteiger partial charge in [-0.1, -0.05) is 31.4 Å². The lowest BCUT2D eigenvalue weighted by molar-refractivity contribution is -0.508. The molecule has 56 heavy (non-hydrogen) atoms. The highest BCUT2D eigenvalue weighted by molar-refractivity contribution is 5.81. The fraction of sp³-hybridized carbons (Fsp3) is 0.406. The van der Waals surface area contributed by atoms with E-state index in [1.54, 1.807) is 30.3 Å². The summed E-state index contributed by atoms with van der Waals surface area (Å²) >= 11 is 0. The van der Waals surface area contributed by atoms with E-state index >= 15 is 4.39 Å². The first kappa shape index (κ1) is 49.5. The van der Waals surface area contributed by atoms with Gasteiger partial charge in [-0.2, -0.15) is 31.2 Å². The lowest BCUT2D eigenvalue weighted by Crippen LogP contribution is -2.56. The van der Waals surface area contributed by atoms with Crippen LogP contribution in [0, 0.1) is 0 Å². The van der Waals surface area contributed by atoms with Crippen molar-refractivity contribution in [3.8, 4) is 5.75 Å². The number of carbonyl (C=O) groups excluding carboxylic acids is 1. The summed E-state index contributed by atoms with van der Waals surface area (Å²) in [7, 11) is 0. The standard InChI is InChI=1S/C32H29F15O9/c1-3-22(48)54-19(17-51-18-9-6-5-7-10-18)14-50-16-20(55-56-53-4-2)15-49-11-8-12-52-30(42,31(43,44)32(45,46)47)29(41)28(40)27(39)26(38)25(37)24(36)23(35)21(34)13-33/h3-7,9-10,19-20H,1-2,8,11-17H2/b23-21+,25-24+,27-26+,29-28+. The van der Waals surface area contributed by atoms with E-state index in [1.807, 2.05) is 0 Å². The second-order valence-electron chi connectivity index (χ2n) is 10.2. The zero-order valence-corrected chi connectivity index (χ0v) is 28.1. The maximum absolute atomic E-state index is 15.1. The Morgan fingerprint density at radius 3 is 1.82 bits per heavy atom. The van der Waals surface area contributed by atoms with Gasteiger partial charge in [-0.25, -0.2) is 44.3 Å². The van der Waals surface area contributed by atoms with Gasteiger partial charge in [0.05, 0.1) is 26.4 Å². The highest BCUT2D eigenvalue weighted by atomic mass is 19.4. The average molecular weight is 843 g/mol. The summed E-state index contributed by atoms with van der Waals surface area (Å²) in [6.07, 6.45) is -8.89. The number of carbonyl (C=O) groups is 1. The molecular formula is C32H29F15O9. The van der Waals surface area contributed by atoms with Gasteiger partial charge in [-0.15, -0.1) is 0 Å². The number of hydrogen-bond donors (Lipinski definition) is 0. The van der Waals surface area contributed by atoms with Crippen LogP contribution in [0.25, 0.3) is 0 Å². The largest absolute Gasteiger partial charge is 0.490 e. The lowest BCUT2D eigenvalue weighted by atomic mass is 10.1. The molecule has 0 fully saturated rings. The van der Waals surface area contributed by atoms with Gasteiger partial charge in [0.1, 0.15) is 31.4 Å². The fourth-order valence-corrected chi connectivity index (χ4v) is 3.44. The number of allylic oxidation sites excluding steroid dienone is 7. The summed E-state index contributed by atoms with van der Waals surface area (Å²) in [4.78, 5) is 20.8. The first-order valence-electron chi connectivity index (χ1n) is 15.0. The van der Waals surface area contributed by atoms with Crippen LogP contribution in [0.5, 0.6) is 5.75 Å². The molecule has 3 atom stereocenters. The summed E-state index contributed by atoms with van der Waals surface area (Å²) in [6, 6.07) is 8.20. The van der Waals surface area contributed by atoms with Crippen molar-refractivity contribution in [3.05, 3.63) is 102 Å². The van der Waals surface area contributed by atoms with E-state index in [0.717, 1.165) is 12.3 Å². The van der Waals surface area contributed by atoms with Crippen LogP contribution >= 0.6 is 0 Å². The molecule has 3 unspecified atom stereocenters. The van der Waals surface area contributed by atoms with Gasteiger partial charge in [0.15, 0.2) is 29.4 Å². The number of rotatable bonds is 26. The second kappa shape index (κ2) is 23.5. The molecule has 24 heteroatoms. The molecule has 1 aromatic carbocycles. The van der Waals surface area contributed by atoms with Crippen LogP contribution < -0.4 is 4.74 Å². The Labute approximate surface area is 306 Å². The number of ether oxygens (including phenoxy) is 5. The highest BCUT2D eigenvalue weighted by Gasteiger charge is 2.75. The Kier molecular flexibility index (Phi) is 20.8. The van der Waals surface area contributed by atoms with Crippen molar-refractivity contribution >= 4 is 5.97 Å². The summed E-state index contributed by atoms with van der Waals surface area (Å²) in [5.74, 6) is -42.8. The summed E-state index contributed by atoms with van der Waals surface area (Å²) in [5, 5.41) is 4.31. The molecule has 1 aromatic rings. The smallest absolute Gasteiger partial charge is 0.460 e. The molecule has 1 rings (SSSR count). The molecule has 0 saturated heterocycles. The van der Waals surface area contributed by atoms with Crippen LogP contribution in [0.1, 0.15) is 6.42 Å². The molecule has 0 bridgehead atoms. The van der Waals surface area contributed by atoms with Gasteiger partial charge < -0.3 is 28.6 Å². The lowest BCUT2D eigenvalue weighted by Gasteiger charge is -2.33. The van der Waals surface area contributed by atoms with Crippen molar-refractivity contribution in [1.82, 2.24) is 0 Å². The molecule has 0 radical (unpaired) electrons. The third kappa shape index (κ3) is 14.5. The molecule has 316 valence electrons. The Morgan fingerprint density at radius 2 is 1.27 bits per heavy atom. The van der Waals surface area contributed by atoms with E-state index in [9.17, 15) is 66.3 Å². The summed E-state index contributed by atoms with van der Waals surface area (Å²) in [6.45, 7) is -0.396. The zero-order chi connectivity index (χ0) is 42.7. The Balaban J connectivity index is 3.08. The maximum atomic E-state index is 15.1. The van der Waals surface area contributed by atoms with E-state index in [2.05, 4.69) is 27.8 Å². The Hall–Kier alpha value is -4.52. The zero-order valence-electron chi connectivity index (χ0n) is 28.1. The van der Waals surface area contributed by atoms with Gasteiger partial charge in [-0.05, 0) is 23.6 Å². The van der Waals surface area contributed by atoms with Crippen molar-refractivity contribution in [2.24, 2.45) is 0 Å². The summed E-state index contributed by atoms with van der Waals surface area (Å²) < 4.78 is 229. The quantitative estimate of drug-likeness (QED) is 0.0132. The van der Waals surface area contributed by atoms with Crippen molar-refractivity contribution < 1.29 is 109 Å². The average Bonchev–Trinajstić information content (AvgIpc) is 3.18. The fourth-order valence-electron chi connectivity index (χ4n) is 3.44. The monoisotopic (exact) mass is 842 g/mol. The van der Waals surface area contributed by atoms with Crippen LogP contribution in [0.3, 0.4) is 0 Å². The molecule has 0 aliphatic carbocycles.